The van der Waals surface area contributed by atoms with E-state index >= 15 is 0 Å². The molecule has 6 nitrogen and oxygen atoms in total. The number of rotatable bonds is 4. The molecule has 2 aliphatic rings. The molecule has 0 spiro atoms. The van der Waals surface area contributed by atoms with Crippen molar-refractivity contribution in [1.82, 2.24) is 15.5 Å². The van der Waals surface area contributed by atoms with Crippen molar-refractivity contribution in [3.63, 3.8) is 0 Å². The predicted molar refractivity (Wildman–Crippen MR) is 94.7 cm³/mol. The van der Waals surface area contributed by atoms with Crippen molar-refractivity contribution in [2.24, 2.45) is 0 Å². The monoisotopic (exact) mass is 383 g/mol. The second kappa shape index (κ2) is 7.22. The number of nitrogens with zero attached hydrogens (tertiary/aromatic N) is 1. The molecule has 3 rings (SSSR count). The van der Waals surface area contributed by atoms with Gasteiger partial charge in [0.15, 0.2) is 0 Å². The molecule has 2 saturated heterocycles. The summed E-state index contributed by atoms with van der Waals surface area (Å²) in [5.74, 6) is -0.554. The van der Waals surface area contributed by atoms with Crippen molar-refractivity contribution in [2.75, 3.05) is 6.54 Å². The SMILES string of the molecule is CCC[C@@H]1NC(=O)[C@@H]2C[C@H](NC(=O)c3cc(Cl)cc(Cl)c3)CN2C1=O. The predicted octanol–water partition coefficient (Wildman–Crippen LogP) is 1.99. The summed E-state index contributed by atoms with van der Waals surface area (Å²) < 4.78 is 0. The number of carbonyl (C=O) groups excluding carboxylic acids is 3. The lowest BCUT2D eigenvalue weighted by Crippen LogP contribution is -2.61. The molecule has 3 amide bonds. The lowest BCUT2D eigenvalue weighted by Gasteiger charge is -2.34. The number of benzene rings is 1. The number of nitrogens with one attached hydrogen (secondary N) is 2. The first-order valence-electron chi connectivity index (χ1n) is 8.27. The van der Waals surface area contributed by atoms with Crippen LogP contribution in [0.15, 0.2) is 18.2 Å². The molecule has 2 fully saturated rings. The molecule has 134 valence electrons. The lowest BCUT2D eigenvalue weighted by molar-refractivity contribution is -0.147. The van der Waals surface area contributed by atoms with Crippen LogP contribution in [-0.4, -0.2) is 47.3 Å². The van der Waals surface area contributed by atoms with Crippen molar-refractivity contribution >= 4 is 40.9 Å². The number of halogens is 2. The molecule has 25 heavy (non-hydrogen) atoms. The van der Waals surface area contributed by atoms with Crippen LogP contribution in [0.4, 0.5) is 0 Å². The van der Waals surface area contributed by atoms with Gasteiger partial charge >= 0.3 is 0 Å². The minimum Gasteiger partial charge on any atom is -0.347 e. The Balaban J connectivity index is 1.69. The van der Waals surface area contributed by atoms with Crippen LogP contribution in [0.5, 0.6) is 0 Å². The zero-order valence-corrected chi connectivity index (χ0v) is 15.2. The minimum atomic E-state index is -0.520. The second-order valence-corrected chi connectivity index (χ2v) is 7.29. The standard InChI is InChI=1S/C17H19Cl2N3O3/c1-2-3-13-17(25)22-8-12(7-14(22)16(24)21-13)20-15(23)9-4-10(18)6-11(19)5-9/h4-6,12-14H,2-3,7-8H2,1H3,(H,20,23)(H,21,24)/t12-,13-,14-/m0/s1. The Morgan fingerprint density at radius 3 is 2.60 bits per heavy atom. The summed E-state index contributed by atoms with van der Waals surface area (Å²) >= 11 is 11.8. The van der Waals surface area contributed by atoms with Crippen LogP contribution in [0.25, 0.3) is 0 Å². The highest BCUT2D eigenvalue weighted by molar-refractivity contribution is 6.35. The first-order valence-corrected chi connectivity index (χ1v) is 9.02. The summed E-state index contributed by atoms with van der Waals surface area (Å²) in [5.41, 5.74) is 0.349. The Bertz CT molecular complexity index is 705. The summed E-state index contributed by atoms with van der Waals surface area (Å²) in [6.45, 7) is 2.30. The van der Waals surface area contributed by atoms with Crippen molar-refractivity contribution in [3.8, 4) is 0 Å². The highest BCUT2D eigenvalue weighted by Crippen LogP contribution is 2.25. The van der Waals surface area contributed by atoms with Gasteiger partial charge in [-0.2, -0.15) is 0 Å². The summed E-state index contributed by atoms with van der Waals surface area (Å²) in [5, 5.41) is 6.39. The van der Waals surface area contributed by atoms with Crippen molar-refractivity contribution in [1.29, 1.82) is 0 Å². The average molecular weight is 384 g/mol. The quantitative estimate of drug-likeness (QED) is 0.834. The van der Waals surface area contributed by atoms with Crippen LogP contribution in [-0.2, 0) is 9.59 Å². The highest BCUT2D eigenvalue weighted by atomic mass is 35.5. The largest absolute Gasteiger partial charge is 0.347 e. The van der Waals surface area contributed by atoms with Crippen LogP contribution in [0.1, 0.15) is 36.5 Å². The van der Waals surface area contributed by atoms with E-state index in [4.69, 9.17) is 23.2 Å². The number of amides is 3. The first kappa shape index (κ1) is 18.0. The van der Waals surface area contributed by atoms with Crippen molar-refractivity contribution < 1.29 is 14.4 Å². The zero-order valence-electron chi connectivity index (χ0n) is 13.7. The van der Waals surface area contributed by atoms with Crippen LogP contribution in [0.3, 0.4) is 0 Å². The molecule has 0 bridgehead atoms. The maximum atomic E-state index is 12.5. The van der Waals surface area contributed by atoms with E-state index in [0.29, 0.717) is 35.0 Å². The molecule has 0 aromatic heterocycles. The molecule has 8 heteroatoms. The number of hydrogen-bond acceptors (Lipinski definition) is 3. The number of fused-ring (bicyclic) bond motifs is 1. The third kappa shape index (κ3) is 3.75. The molecule has 1 aromatic rings. The van der Waals surface area contributed by atoms with E-state index in [2.05, 4.69) is 10.6 Å². The molecule has 0 saturated carbocycles. The third-order valence-electron chi connectivity index (χ3n) is 4.54. The fourth-order valence-electron chi connectivity index (χ4n) is 3.40. The summed E-state index contributed by atoms with van der Waals surface area (Å²) in [6.07, 6.45) is 1.83. The maximum Gasteiger partial charge on any atom is 0.251 e. The fraction of sp³-hybridized carbons (Fsp3) is 0.471. The van der Waals surface area contributed by atoms with E-state index in [1.54, 1.807) is 11.0 Å². The molecule has 3 atom stereocenters. The van der Waals surface area contributed by atoms with Gasteiger partial charge in [-0.1, -0.05) is 36.5 Å². The van der Waals surface area contributed by atoms with Gasteiger partial charge in [0.25, 0.3) is 5.91 Å². The van der Waals surface area contributed by atoms with Crippen LogP contribution in [0.2, 0.25) is 10.0 Å². The Kier molecular flexibility index (Phi) is 5.20. The zero-order chi connectivity index (χ0) is 18.1. The molecular weight excluding hydrogens is 365 g/mol. The number of hydrogen-bond donors (Lipinski definition) is 2. The summed E-state index contributed by atoms with van der Waals surface area (Å²) in [6, 6.07) is 3.33. The smallest absolute Gasteiger partial charge is 0.251 e. The minimum absolute atomic E-state index is 0.0750. The maximum absolute atomic E-state index is 12.5. The first-order chi connectivity index (χ1) is 11.9. The molecule has 0 aliphatic carbocycles. The van der Waals surface area contributed by atoms with Gasteiger partial charge in [-0.25, -0.2) is 0 Å². The van der Waals surface area contributed by atoms with Gasteiger partial charge in [-0.05, 0) is 31.0 Å². The van der Waals surface area contributed by atoms with E-state index in [1.165, 1.54) is 12.1 Å². The van der Waals surface area contributed by atoms with Gasteiger partial charge in [0.2, 0.25) is 11.8 Å². The number of piperazine rings is 1. The van der Waals surface area contributed by atoms with Gasteiger partial charge in [0.1, 0.15) is 12.1 Å². The molecule has 0 radical (unpaired) electrons. The van der Waals surface area contributed by atoms with Crippen LogP contribution < -0.4 is 10.6 Å². The van der Waals surface area contributed by atoms with Gasteiger partial charge in [0, 0.05) is 28.2 Å². The van der Waals surface area contributed by atoms with Gasteiger partial charge in [-0.3, -0.25) is 14.4 Å². The average Bonchev–Trinajstić information content (AvgIpc) is 2.96. The van der Waals surface area contributed by atoms with E-state index in [-0.39, 0.29) is 23.8 Å². The van der Waals surface area contributed by atoms with Crippen LogP contribution in [0, 0.1) is 0 Å². The van der Waals surface area contributed by atoms with E-state index in [0.717, 1.165) is 6.42 Å². The third-order valence-corrected chi connectivity index (χ3v) is 4.98. The van der Waals surface area contributed by atoms with E-state index in [9.17, 15) is 14.4 Å². The van der Waals surface area contributed by atoms with Gasteiger partial charge in [0.05, 0.1) is 0 Å². The summed E-state index contributed by atoms with van der Waals surface area (Å²) in [7, 11) is 0. The van der Waals surface area contributed by atoms with E-state index < -0.39 is 12.1 Å². The molecule has 1 aromatic carbocycles. The second-order valence-electron chi connectivity index (χ2n) is 6.42. The fourth-order valence-corrected chi connectivity index (χ4v) is 3.93. The molecule has 2 N–H and O–H groups in total. The van der Waals surface area contributed by atoms with Crippen LogP contribution >= 0.6 is 23.2 Å². The van der Waals surface area contributed by atoms with Gasteiger partial charge < -0.3 is 15.5 Å². The lowest BCUT2D eigenvalue weighted by atomic mass is 10.0. The van der Waals surface area contributed by atoms with Crippen molar-refractivity contribution in [3.05, 3.63) is 33.8 Å². The van der Waals surface area contributed by atoms with E-state index in [1.807, 2.05) is 6.92 Å². The Labute approximate surface area is 155 Å². The van der Waals surface area contributed by atoms with Gasteiger partial charge in [-0.15, -0.1) is 0 Å². The van der Waals surface area contributed by atoms with Crippen molar-refractivity contribution in [2.45, 2.75) is 44.3 Å². The Morgan fingerprint density at radius 2 is 1.96 bits per heavy atom. The molecule has 2 aliphatic heterocycles. The summed E-state index contributed by atoms with van der Waals surface area (Å²) in [4.78, 5) is 38.7. The number of carbonyl (C=O) groups is 3. The highest BCUT2D eigenvalue weighted by Gasteiger charge is 2.46. The normalized spacial score (nSPS) is 25.6. The molecular formula is C17H19Cl2N3O3. The Morgan fingerprint density at radius 1 is 1.28 bits per heavy atom. The molecule has 0 unspecified atom stereocenters. The molecule has 2 heterocycles. The topological polar surface area (TPSA) is 78.5 Å². The Hall–Kier alpha value is -1.79.